The maximum Gasteiger partial charge on any atom is 0.312 e. The van der Waals surface area contributed by atoms with Crippen LogP contribution in [0, 0.1) is 0 Å². The Hall–Kier alpha value is -1.07. The SMILES string of the molecule is NC(=O)NC1CCC(O)Cc2sccc21. The number of nitrogens with two attached hydrogens (primary N) is 1. The number of fused-ring (bicyclic) bond motifs is 1. The molecule has 2 atom stereocenters. The number of hydrogen-bond donors (Lipinski definition) is 3. The van der Waals surface area contributed by atoms with E-state index in [-0.39, 0.29) is 12.1 Å². The first-order chi connectivity index (χ1) is 7.16. The second-order valence-corrected chi connectivity index (χ2v) is 4.80. The molecule has 0 spiro atoms. The van der Waals surface area contributed by atoms with Crippen molar-refractivity contribution in [2.75, 3.05) is 0 Å². The van der Waals surface area contributed by atoms with Gasteiger partial charge in [-0.3, -0.25) is 0 Å². The van der Waals surface area contributed by atoms with Crippen molar-refractivity contribution in [2.24, 2.45) is 5.73 Å². The minimum Gasteiger partial charge on any atom is -0.393 e. The lowest BCUT2D eigenvalue weighted by atomic mass is 10.1. The maximum absolute atomic E-state index is 10.8. The molecule has 4 nitrogen and oxygen atoms in total. The molecule has 82 valence electrons. The van der Waals surface area contributed by atoms with Crippen molar-refractivity contribution in [2.45, 2.75) is 31.4 Å². The lowest BCUT2D eigenvalue weighted by Gasteiger charge is -2.15. The average Bonchev–Trinajstić information content (AvgIpc) is 2.55. The van der Waals surface area contributed by atoms with E-state index in [2.05, 4.69) is 5.32 Å². The van der Waals surface area contributed by atoms with E-state index in [0.29, 0.717) is 12.8 Å². The predicted molar refractivity (Wildman–Crippen MR) is 58.7 cm³/mol. The highest BCUT2D eigenvalue weighted by molar-refractivity contribution is 7.10. The van der Waals surface area contributed by atoms with Gasteiger partial charge in [0.15, 0.2) is 0 Å². The van der Waals surface area contributed by atoms with Crippen molar-refractivity contribution in [3.05, 3.63) is 21.9 Å². The third-order valence-corrected chi connectivity index (χ3v) is 3.64. The van der Waals surface area contributed by atoms with Crippen molar-refractivity contribution < 1.29 is 9.90 Å². The van der Waals surface area contributed by atoms with Gasteiger partial charge in [-0.2, -0.15) is 0 Å². The van der Waals surface area contributed by atoms with Crippen LogP contribution in [0.1, 0.15) is 29.3 Å². The minimum absolute atomic E-state index is 0.0408. The van der Waals surface area contributed by atoms with Gasteiger partial charge in [0.25, 0.3) is 0 Å². The molecule has 0 bridgehead atoms. The summed E-state index contributed by atoms with van der Waals surface area (Å²) in [5.41, 5.74) is 6.23. The van der Waals surface area contributed by atoms with Crippen molar-refractivity contribution in [3.8, 4) is 0 Å². The molecule has 15 heavy (non-hydrogen) atoms. The van der Waals surface area contributed by atoms with Crippen molar-refractivity contribution >= 4 is 17.4 Å². The zero-order valence-corrected chi connectivity index (χ0v) is 9.09. The predicted octanol–water partition coefficient (Wildman–Crippen LogP) is 1.15. The topological polar surface area (TPSA) is 75.4 Å². The van der Waals surface area contributed by atoms with E-state index in [1.54, 1.807) is 11.3 Å². The minimum atomic E-state index is -0.506. The lowest BCUT2D eigenvalue weighted by Crippen LogP contribution is -2.33. The molecule has 2 rings (SSSR count). The lowest BCUT2D eigenvalue weighted by molar-refractivity contribution is 0.162. The van der Waals surface area contributed by atoms with Gasteiger partial charge in [0.05, 0.1) is 12.1 Å². The van der Waals surface area contributed by atoms with E-state index in [1.807, 2.05) is 11.4 Å². The molecule has 1 aromatic rings. The zero-order valence-electron chi connectivity index (χ0n) is 8.27. The maximum atomic E-state index is 10.8. The van der Waals surface area contributed by atoms with Crippen LogP contribution in [-0.2, 0) is 6.42 Å². The Bertz CT molecular complexity index is 364. The highest BCUT2D eigenvalue weighted by Crippen LogP contribution is 2.32. The molecular weight excluding hydrogens is 212 g/mol. The van der Waals surface area contributed by atoms with Crippen LogP contribution in [-0.4, -0.2) is 17.2 Å². The smallest absolute Gasteiger partial charge is 0.312 e. The second-order valence-electron chi connectivity index (χ2n) is 3.80. The Labute approximate surface area is 92.1 Å². The molecule has 5 heteroatoms. The Kier molecular flexibility index (Phi) is 2.93. The number of aliphatic hydroxyl groups excluding tert-OH is 1. The summed E-state index contributed by atoms with van der Waals surface area (Å²) < 4.78 is 0. The van der Waals surface area contributed by atoms with E-state index < -0.39 is 6.03 Å². The first-order valence-electron chi connectivity index (χ1n) is 4.97. The quantitative estimate of drug-likeness (QED) is 0.628. The molecule has 0 saturated carbocycles. The fourth-order valence-electron chi connectivity index (χ4n) is 1.98. The number of carbonyl (C=O) groups is 1. The van der Waals surface area contributed by atoms with Crippen LogP contribution in [0.3, 0.4) is 0 Å². The van der Waals surface area contributed by atoms with Gasteiger partial charge < -0.3 is 16.2 Å². The summed E-state index contributed by atoms with van der Waals surface area (Å²) in [7, 11) is 0. The fourth-order valence-corrected chi connectivity index (χ4v) is 2.99. The first kappa shape index (κ1) is 10.4. The van der Waals surface area contributed by atoms with E-state index in [4.69, 9.17) is 5.73 Å². The number of carbonyl (C=O) groups excluding carboxylic acids is 1. The molecular formula is C10H14N2O2S. The molecule has 0 fully saturated rings. The molecule has 0 saturated heterocycles. The third kappa shape index (κ3) is 2.30. The number of primary amides is 1. The van der Waals surface area contributed by atoms with E-state index in [9.17, 15) is 9.90 Å². The third-order valence-electron chi connectivity index (χ3n) is 2.68. The average molecular weight is 226 g/mol. The number of rotatable bonds is 1. The fraction of sp³-hybridized carbons (Fsp3) is 0.500. The monoisotopic (exact) mass is 226 g/mol. The van der Waals surface area contributed by atoms with Crippen molar-refractivity contribution in [1.29, 1.82) is 0 Å². The van der Waals surface area contributed by atoms with Gasteiger partial charge >= 0.3 is 6.03 Å². The highest BCUT2D eigenvalue weighted by atomic mass is 32.1. The Morgan fingerprint density at radius 2 is 2.40 bits per heavy atom. The van der Waals surface area contributed by atoms with Crippen LogP contribution in [0.4, 0.5) is 4.79 Å². The number of thiophene rings is 1. The summed E-state index contributed by atoms with van der Waals surface area (Å²) in [6.07, 6.45) is 1.83. The molecule has 0 aliphatic heterocycles. The van der Waals surface area contributed by atoms with Crippen LogP contribution in [0.25, 0.3) is 0 Å². The zero-order chi connectivity index (χ0) is 10.8. The van der Waals surface area contributed by atoms with Crippen LogP contribution in [0.2, 0.25) is 0 Å². The van der Waals surface area contributed by atoms with Crippen molar-refractivity contribution in [1.82, 2.24) is 5.32 Å². The molecule has 0 radical (unpaired) electrons. The molecule has 1 aliphatic rings. The second kappa shape index (κ2) is 4.20. The van der Waals surface area contributed by atoms with Crippen LogP contribution in [0.15, 0.2) is 11.4 Å². The Morgan fingerprint density at radius 3 is 3.13 bits per heavy atom. The van der Waals surface area contributed by atoms with Gasteiger partial charge in [-0.25, -0.2) is 4.79 Å². The van der Waals surface area contributed by atoms with E-state index in [1.165, 1.54) is 0 Å². The van der Waals surface area contributed by atoms with Crippen LogP contribution in [0.5, 0.6) is 0 Å². The van der Waals surface area contributed by atoms with E-state index >= 15 is 0 Å². The van der Waals surface area contributed by atoms with Gasteiger partial charge in [0.1, 0.15) is 0 Å². The molecule has 1 aromatic heterocycles. The van der Waals surface area contributed by atoms with Gasteiger partial charge in [-0.15, -0.1) is 11.3 Å². The highest BCUT2D eigenvalue weighted by Gasteiger charge is 2.24. The summed E-state index contributed by atoms with van der Waals surface area (Å²) >= 11 is 1.62. The summed E-state index contributed by atoms with van der Waals surface area (Å²) in [5.74, 6) is 0. The number of urea groups is 1. The first-order valence-corrected chi connectivity index (χ1v) is 5.85. The summed E-state index contributed by atoms with van der Waals surface area (Å²) in [4.78, 5) is 12.0. The van der Waals surface area contributed by atoms with Gasteiger partial charge in [-0.05, 0) is 29.9 Å². The summed E-state index contributed by atoms with van der Waals surface area (Å²) in [6, 6.07) is 1.45. The Balaban J connectivity index is 2.23. The number of aliphatic hydroxyl groups is 1. The number of nitrogens with one attached hydrogen (secondary N) is 1. The largest absolute Gasteiger partial charge is 0.393 e. The summed E-state index contributed by atoms with van der Waals surface area (Å²) in [5, 5.41) is 14.4. The summed E-state index contributed by atoms with van der Waals surface area (Å²) in [6.45, 7) is 0. The number of hydrogen-bond acceptors (Lipinski definition) is 3. The molecule has 1 aliphatic carbocycles. The molecule has 0 aromatic carbocycles. The normalized spacial score (nSPS) is 25.4. The molecule has 4 N–H and O–H groups in total. The molecule has 2 unspecified atom stereocenters. The van der Waals surface area contributed by atoms with E-state index in [0.717, 1.165) is 16.9 Å². The number of amides is 2. The van der Waals surface area contributed by atoms with Gasteiger partial charge in [0, 0.05) is 11.3 Å². The van der Waals surface area contributed by atoms with Crippen molar-refractivity contribution in [3.63, 3.8) is 0 Å². The Morgan fingerprint density at radius 1 is 1.60 bits per heavy atom. The molecule has 2 amide bonds. The van der Waals surface area contributed by atoms with Gasteiger partial charge in [-0.1, -0.05) is 0 Å². The van der Waals surface area contributed by atoms with Gasteiger partial charge in [0.2, 0.25) is 0 Å². The molecule has 1 heterocycles. The van der Waals surface area contributed by atoms with Crippen LogP contribution < -0.4 is 11.1 Å². The standard InChI is InChI=1S/C10H14N2O2S/c11-10(14)12-8-2-1-6(13)5-9-7(8)3-4-15-9/h3-4,6,8,13H,1-2,5H2,(H3,11,12,14). The van der Waals surface area contributed by atoms with Crippen LogP contribution >= 0.6 is 11.3 Å².